The second kappa shape index (κ2) is 6.72. The Morgan fingerprint density at radius 1 is 1.17 bits per heavy atom. The molecule has 0 saturated carbocycles. The quantitative estimate of drug-likeness (QED) is 0.813. The van der Waals surface area contributed by atoms with E-state index in [0.29, 0.717) is 6.04 Å². The number of aryl methyl sites for hydroxylation is 2. The minimum atomic E-state index is 0.488. The lowest BCUT2D eigenvalue weighted by Gasteiger charge is -2.16. The Bertz CT molecular complexity index is 444. The molecule has 0 spiro atoms. The summed E-state index contributed by atoms with van der Waals surface area (Å²) in [6, 6.07) is 11.6. The minimum Gasteiger partial charge on any atom is -0.310 e. The molecule has 1 atom stereocenters. The second-order valence-electron chi connectivity index (χ2n) is 4.69. The lowest BCUT2D eigenvalue weighted by molar-refractivity contribution is 0.517. The van der Waals surface area contributed by atoms with E-state index in [0.717, 1.165) is 19.4 Å². The fourth-order valence-corrected chi connectivity index (χ4v) is 2.89. The summed E-state index contributed by atoms with van der Waals surface area (Å²) in [6.45, 7) is 5.33. The van der Waals surface area contributed by atoms with Crippen molar-refractivity contribution in [1.29, 1.82) is 0 Å². The maximum absolute atomic E-state index is 3.57. The molecule has 18 heavy (non-hydrogen) atoms. The van der Waals surface area contributed by atoms with Crippen LogP contribution in [0.25, 0.3) is 0 Å². The second-order valence-corrected chi connectivity index (χ2v) is 5.47. The first-order valence-corrected chi connectivity index (χ1v) is 7.55. The predicted octanol–water partition coefficient (Wildman–Crippen LogP) is 4.34. The van der Waals surface area contributed by atoms with Crippen LogP contribution in [-0.4, -0.2) is 6.54 Å². The average molecular weight is 259 g/mol. The number of hydrogen-bond donors (Lipinski definition) is 1. The van der Waals surface area contributed by atoms with Crippen LogP contribution in [-0.2, 0) is 6.42 Å². The van der Waals surface area contributed by atoms with Crippen molar-refractivity contribution >= 4 is 11.3 Å². The molecule has 2 aromatic rings. The molecule has 1 heterocycles. The Balaban J connectivity index is 1.95. The molecule has 0 radical (unpaired) electrons. The number of thiophene rings is 1. The Hall–Kier alpha value is -1.12. The fraction of sp³-hybridized carbons (Fsp3) is 0.375. The Morgan fingerprint density at radius 2 is 1.94 bits per heavy atom. The van der Waals surface area contributed by atoms with Crippen molar-refractivity contribution in [1.82, 2.24) is 5.32 Å². The molecule has 0 saturated heterocycles. The summed E-state index contributed by atoms with van der Waals surface area (Å²) in [4.78, 5) is 0. The van der Waals surface area contributed by atoms with Crippen LogP contribution in [0, 0.1) is 6.92 Å². The third-order valence-electron chi connectivity index (χ3n) is 3.24. The van der Waals surface area contributed by atoms with Gasteiger partial charge in [0.1, 0.15) is 0 Å². The maximum atomic E-state index is 3.57. The largest absolute Gasteiger partial charge is 0.310 e. The van der Waals surface area contributed by atoms with E-state index < -0.39 is 0 Å². The monoisotopic (exact) mass is 259 g/mol. The normalized spacial score (nSPS) is 12.6. The summed E-state index contributed by atoms with van der Waals surface area (Å²) >= 11 is 1.78. The lowest BCUT2D eigenvalue weighted by atomic mass is 10.0. The smallest absolute Gasteiger partial charge is 0.0331 e. The van der Waals surface area contributed by atoms with Crippen molar-refractivity contribution in [2.45, 2.75) is 32.7 Å². The molecule has 0 aliphatic carbocycles. The van der Waals surface area contributed by atoms with E-state index in [1.165, 1.54) is 16.7 Å². The summed E-state index contributed by atoms with van der Waals surface area (Å²) in [5.41, 5.74) is 4.19. The van der Waals surface area contributed by atoms with Crippen LogP contribution in [0.5, 0.6) is 0 Å². The zero-order valence-electron chi connectivity index (χ0n) is 11.1. The van der Waals surface area contributed by atoms with Gasteiger partial charge in [-0.1, -0.05) is 36.8 Å². The van der Waals surface area contributed by atoms with Crippen molar-refractivity contribution in [3.8, 4) is 0 Å². The molecule has 96 valence electrons. The van der Waals surface area contributed by atoms with Gasteiger partial charge in [-0.15, -0.1) is 0 Å². The molecule has 0 fully saturated rings. The van der Waals surface area contributed by atoms with Gasteiger partial charge in [0, 0.05) is 6.04 Å². The standard InChI is InChI=1S/C16H21NS/c1-3-17-16(15-10-11-18-12-15)9-8-14-6-4-13(2)5-7-14/h4-7,10-12,16-17H,3,8-9H2,1-2H3. The highest BCUT2D eigenvalue weighted by molar-refractivity contribution is 7.07. The van der Waals surface area contributed by atoms with Gasteiger partial charge < -0.3 is 5.32 Å². The van der Waals surface area contributed by atoms with E-state index in [1.807, 2.05) is 0 Å². The molecule has 1 unspecified atom stereocenters. The Labute approximate surface area is 114 Å². The highest BCUT2D eigenvalue weighted by Crippen LogP contribution is 2.21. The highest BCUT2D eigenvalue weighted by atomic mass is 32.1. The molecule has 1 aromatic carbocycles. The zero-order chi connectivity index (χ0) is 12.8. The van der Waals surface area contributed by atoms with E-state index in [2.05, 4.69) is 60.3 Å². The van der Waals surface area contributed by atoms with E-state index in [1.54, 1.807) is 11.3 Å². The molecule has 2 heteroatoms. The molecule has 1 aromatic heterocycles. The van der Waals surface area contributed by atoms with E-state index >= 15 is 0 Å². The van der Waals surface area contributed by atoms with E-state index in [9.17, 15) is 0 Å². The summed E-state index contributed by atoms with van der Waals surface area (Å²) in [7, 11) is 0. The molecule has 1 nitrogen and oxygen atoms in total. The van der Waals surface area contributed by atoms with Gasteiger partial charge in [0.05, 0.1) is 0 Å². The Morgan fingerprint density at radius 3 is 2.56 bits per heavy atom. The van der Waals surface area contributed by atoms with Crippen LogP contribution in [0.2, 0.25) is 0 Å². The van der Waals surface area contributed by atoms with Crippen LogP contribution in [0.15, 0.2) is 41.1 Å². The number of benzene rings is 1. The molecule has 1 N–H and O–H groups in total. The molecular weight excluding hydrogens is 238 g/mol. The first kappa shape index (κ1) is 13.3. The minimum absolute atomic E-state index is 0.488. The summed E-state index contributed by atoms with van der Waals surface area (Å²) in [6.07, 6.45) is 2.29. The first-order valence-electron chi connectivity index (χ1n) is 6.60. The third-order valence-corrected chi connectivity index (χ3v) is 3.94. The number of rotatable bonds is 6. The Kier molecular flexibility index (Phi) is 4.97. The van der Waals surface area contributed by atoms with Gasteiger partial charge in [0.25, 0.3) is 0 Å². The highest BCUT2D eigenvalue weighted by Gasteiger charge is 2.10. The van der Waals surface area contributed by atoms with Crippen LogP contribution in [0.3, 0.4) is 0 Å². The fourth-order valence-electron chi connectivity index (χ4n) is 2.17. The van der Waals surface area contributed by atoms with Crippen LogP contribution < -0.4 is 5.32 Å². The van der Waals surface area contributed by atoms with Crippen molar-refractivity contribution in [2.24, 2.45) is 0 Å². The van der Waals surface area contributed by atoms with Gasteiger partial charge in [0.15, 0.2) is 0 Å². The van der Waals surface area contributed by atoms with Crippen molar-refractivity contribution in [3.05, 3.63) is 57.8 Å². The van der Waals surface area contributed by atoms with Crippen molar-refractivity contribution < 1.29 is 0 Å². The van der Waals surface area contributed by atoms with Gasteiger partial charge >= 0.3 is 0 Å². The van der Waals surface area contributed by atoms with Crippen molar-refractivity contribution in [2.75, 3.05) is 6.54 Å². The van der Waals surface area contributed by atoms with Crippen molar-refractivity contribution in [3.63, 3.8) is 0 Å². The SMILES string of the molecule is CCNC(CCc1ccc(C)cc1)c1ccsc1. The first-order chi connectivity index (χ1) is 8.79. The van der Waals surface area contributed by atoms with Crippen LogP contribution in [0.1, 0.15) is 36.1 Å². The third kappa shape index (κ3) is 3.69. The van der Waals surface area contributed by atoms with Gasteiger partial charge in [-0.05, 0) is 54.3 Å². The van der Waals surface area contributed by atoms with Crippen LogP contribution >= 0.6 is 11.3 Å². The topological polar surface area (TPSA) is 12.0 Å². The summed E-state index contributed by atoms with van der Waals surface area (Å²) in [5.74, 6) is 0. The van der Waals surface area contributed by atoms with Gasteiger partial charge in [-0.25, -0.2) is 0 Å². The zero-order valence-corrected chi connectivity index (χ0v) is 12.0. The lowest BCUT2D eigenvalue weighted by Crippen LogP contribution is -2.20. The summed E-state index contributed by atoms with van der Waals surface area (Å²) in [5, 5.41) is 7.98. The van der Waals surface area contributed by atoms with Crippen LogP contribution in [0.4, 0.5) is 0 Å². The van der Waals surface area contributed by atoms with Gasteiger partial charge in [-0.3, -0.25) is 0 Å². The maximum Gasteiger partial charge on any atom is 0.0331 e. The molecular formula is C16H21NS. The molecule has 0 aliphatic heterocycles. The average Bonchev–Trinajstić information content (AvgIpc) is 2.90. The predicted molar refractivity (Wildman–Crippen MR) is 80.2 cm³/mol. The van der Waals surface area contributed by atoms with E-state index in [4.69, 9.17) is 0 Å². The summed E-state index contributed by atoms with van der Waals surface area (Å²) < 4.78 is 0. The molecule has 2 rings (SSSR count). The molecule has 0 amide bonds. The number of nitrogens with one attached hydrogen (secondary N) is 1. The molecule has 0 aliphatic rings. The molecule has 0 bridgehead atoms. The van der Waals surface area contributed by atoms with E-state index in [-0.39, 0.29) is 0 Å². The van der Waals surface area contributed by atoms with Gasteiger partial charge in [0.2, 0.25) is 0 Å². The number of hydrogen-bond acceptors (Lipinski definition) is 2. The van der Waals surface area contributed by atoms with Gasteiger partial charge in [-0.2, -0.15) is 11.3 Å².